The van der Waals surface area contributed by atoms with E-state index in [1.54, 1.807) is 0 Å². The van der Waals surface area contributed by atoms with E-state index in [1.165, 1.54) is 19.3 Å². The topological polar surface area (TPSA) is 12.0 Å². The predicted molar refractivity (Wildman–Crippen MR) is 54.7 cm³/mol. The first-order valence-electron chi connectivity index (χ1n) is 4.93. The smallest absolute Gasteiger partial charge is 0.0348 e. The van der Waals surface area contributed by atoms with Crippen molar-refractivity contribution in [1.29, 1.82) is 0 Å². The Morgan fingerprint density at radius 3 is 2.50 bits per heavy atom. The van der Waals surface area contributed by atoms with Gasteiger partial charge in [0, 0.05) is 19.0 Å². The summed E-state index contributed by atoms with van der Waals surface area (Å²) in [6, 6.07) is 0. The second-order valence-electron chi connectivity index (χ2n) is 4.48. The molecule has 2 heteroatoms. The molecule has 0 spiro atoms. The van der Waals surface area contributed by atoms with Gasteiger partial charge in [0.15, 0.2) is 0 Å². The lowest BCUT2D eigenvalue weighted by atomic mass is 9.67. The van der Waals surface area contributed by atoms with E-state index in [9.17, 15) is 0 Å². The standard InChI is InChI=1S/C10H20ClN/c1-10(2,8-12-7-6-11)9-4-3-5-9/h9,12H,3-8H2,1-2H3. The van der Waals surface area contributed by atoms with E-state index >= 15 is 0 Å². The summed E-state index contributed by atoms with van der Waals surface area (Å²) in [6.45, 7) is 6.78. The maximum absolute atomic E-state index is 5.60. The molecule has 0 bridgehead atoms. The van der Waals surface area contributed by atoms with Gasteiger partial charge in [-0.05, 0) is 24.2 Å². The highest BCUT2D eigenvalue weighted by Crippen LogP contribution is 2.40. The summed E-state index contributed by atoms with van der Waals surface area (Å²) in [5.74, 6) is 1.67. The fraction of sp³-hybridized carbons (Fsp3) is 1.00. The molecule has 1 aliphatic rings. The number of hydrogen-bond donors (Lipinski definition) is 1. The van der Waals surface area contributed by atoms with Crippen molar-refractivity contribution in [3.05, 3.63) is 0 Å². The van der Waals surface area contributed by atoms with E-state index in [1.807, 2.05) is 0 Å². The quantitative estimate of drug-likeness (QED) is 0.518. The van der Waals surface area contributed by atoms with Gasteiger partial charge < -0.3 is 5.32 Å². The third-order valence-corrected chi connectivity index (χ3v) is 3.25. The molecule has 1 saturated carbocycles. The predicted octanol–water partition coefficient (Wildman–Crippen LogP) is 2.64. The molecule has 0 amide bonds. The zero-order valence-electron chi connectivity index (χ0n) is 8.20. The number of rotatable bonds is 5. The first-order chi connectivity index (χ1) is 5.67. The van der Waals surface area contributed by atoms with Gasteiger partial charge in [-0.25, -0.2) is 0 Å². The molecule has 0 heterocycles. The molecule has 0 saturated heterocycles. The average Bonchev–Trinajstić information content (AvgIpc) is 1.82. The van der Waals surface area contributed by atoms with E-state index in [0.717, 1.165) is 24.9 Å². The van der Waals surface area contributed by atoms with E-state index in [2.05, 4.69) is 19.2 Å². The minimum absolute atomic E-state index is 0.476. The molecule has 1 rings (SSSR count). The number of hydrogen-bond acceptors (Lipinski definition) is 1. The van der Waals surface area contributed by atoms with E-state index in [0.29, 0.717) is 5.41 Å². The Balaban J connectivity index is 2.17. The maximum Gasteiger partial charge on any atom is 0.0348 e. The fourth-order valence-electron chi connectivity index (χ4n) is 1.81. The molecule has 1 aliphatic carbocycles. The van der Waals surface area contributed by atoms with Crippen LogP contribution in [0.4, 0.5) is 0 Å². The Morgan fingerprint density at radius 1 is 1.42 bits per heavy atom. The lowest BCUT2D eigenvalue weighted by Crippen LogP contribution is -2.39. The molecule has 0 atom stereocenters. The second-order valence-corrected chi connectivity index (χ2v) is 4.86. The third-order valence-electron chi connectivity index (χ3n) is 3.06. The highest BCUT2D eigenvalue weighted by Gasteiger charge is 2.33. The molecule has 0 aliphatic heterocycles. The van der Waals surface area contributed by atoms with Crippen LogP contribution in [-0.2, 0) is 0 Å². The fourth-order valence-corrected chi connectivity index (χ4v) is 1.95. The van der Waals surface area contributed by atoms with Crippen LogP contribution in [-0.4, -0.2) is 19.0 Å². The molecule has 72 valence electrons. The zero-order valence-corrected chi connectivity index (χ0v) is 8.95. The Kier molecular flexibility index (Phi) is 3.85. The Bertz CT molecular complexity index is 130. The molecule has 0 aromatic carbocycles. The molecule has 1 N–H and O–H groups in total. The van der Waals surface area contributed by atoms with Crippen LogP contribution in [0.1, 0.15) is 33.1 Å². The van der Waals surface area contributed by atoms with Gasteiger partial charge >= 0.3 is 0 Å². The summed E-state index contributed by atoms with van der Waals surface area (Å²) in [5, 5.41) is 3.39. The van der Waals surface area contributed by atoms with Crippen LogP contribution in [0.5, 0.6) is 0 Å². The van der Waals surface area contributed by atoms with Crippen molar-refractivity contribution in [2.45, 2.75) is 33.1 Å². The number of halogens is 1. The van der Waals surface area contributed by atoms with Gasteiger partial charge in [0.2, 0.25) is 0 Å². The lowest BCUT2D eigenvalue weighted by molar-refractivity contribution is 0.120. The summed E-state index contributed by atoms with van der Waals surface area (Å²) >= 11 is 5.60. The van der Waals surface area contributed by atoms with Crippen LogP contribution >= 0.6 is 11.6 Å². The first kappa shape index (κ1) is 10.3. The zero-order chi connectivity index (χ0) is 9.03. The molecular formula is C10H20ClN. The molecule has 0 radical (unpaired) electrons. The molecule has 12 heavy (non-hydrogen) atoms. The van der Waals surface area contributed by atoms with Crippen molar-refractivity contribution >= 4 is 11.6 Å². The molecule has 0 unspecified atom stereocenters. The molecule has 0 aromatic rings. The van der Waals surface area contributed by atoms with Gasteiger partial charge in [-0.1, -0.05) is 20.3 Å². The highest BCUT2D eigenvalue weighted by atomic mass is 35.5. The summed E-state index contributed by atoms with van der Waals surface area (Å²) in [5.41, 5.74) is 0.476. The Labute approximate surface area is 80.9 Å². The van der Waals surface area contributed by atoms with Gasteiger partial charge in [0.05, 0.1) is 0 Å². The van der Waals surface area contributed by atoms with E-state index in [4.69, 9.17) is 11.6 Å². The van der Waals surface area contributed by atoms with Crippen molar-refractivity contribution in [2.24, 2.45) is 11.3 Å². The van der Waals surface area contributed by atoms with Crippen molar-refractivity contribution in [3.8, 4) is 0 Å². The monoisotopic (exact) mass is 189 g/mol. The summed E-state index contributed by atoms with van der Waals surface area (Å²) < 4.78 is 0. The minimum atomic E-state index is 0.476. The normalized spacial score (nSPS) is 19.2. The van der Waals surface area contributed by atoms with Crippen molar-refractivity contribution in [2.75, 3.05) is 19.0 Å². The molecule has 1 nitrogen and oxygen atoms in total. The van der Waals surface area contributed by atoms with Crippen molar-refractivity contribution < 1.29 is 0 Å². The Morgan fingerprint density at radius 2 is 2.08 bits per heavy atom. The van der Waals surface area contributed by atoms with Crippen LogP contribution < -0.4 is 5.32 Å². The van der Waals surface area contributed by atoms with E-state index in [-0.39, 0.29) is 0 Å². The summed E-state index contributed by atoms with van der Waals surface area (Å²) in [6.07, 6.45) is 4.29. The molecule has 0 aromatic heterocycles. The van der Waals surface area contributed by atoms with Crippen LogP contribution in [0.2, 0.25) is 0 Å². The van der Waals surface area contributed by atoms with Crippen LogP contribution in [0.3, 0.4) is 0 Å². The van der Waals surface area contributed by atoms with Crippen molar-refractivity contribution in [3.63, 3.8) is 0 Å². The van der Waals surface area contributed by atoms with Crippen LogP contribution in [0.25, 0.3) is 0 Å². The summed E-state index contributed by atoms with van der Waals surface area (Å²) in [7, 11) is 0. The van der Waals surface area contributed by atoms with Gasteiger partial charge in [-0.15, -0.1) is 11.6 Å². The maximum atomic E-state index is 5.60. The molecule has 1 fully saturated rings. The van der Waals surface area contributed by atoms with Crippen molar-refractivity contribution in [1.82, 2.24) is 5.32 Å². The van der Waals surface area contributed by atoms with Gasteiger partial charge in [0.1, 0.15) is 0 Å². The SMILES string of the molecule is CC(C)(CNCCCl)C1CCC1. The highest BCUT2D eigenvalue weighted by molar-refractivity contribution is 6.18. The number of nitrogens with one attached hydrogen (secondary N) is 1. The van der Waals surface area contributed by atoms with Gasteiger partial charge in [0.25, 0.3) is 0 Å². The molecular weight excluding hydrogens is 170 g/mol. The minimum Gasteiger partial charge on any atom is -0.315 e. The first-order valence-corrected chi connectivity index (χ1v) is 5.47. The van der Waals surface area contributed by atoms with Gasteiger partial charge in [-0.3, -0.25) is 0 Å². The number of alkyl halides is 1. The lowest BCUT2D eigenvalue weighted by Gasteiger charge is -2.40. The van der Waals surface area contributed by atoms with Gasteiger partial charge in [-0.2, -0.15) is 0 Å². The average molecular weight is 190 g/mol. The largest absolute Gasteiger partial charge is 0.315 e. The third kappa shape index (κ3) is 2.63. The Hall–Kier alpha value is 0.250. The van der Waals surface area contributed by atoms with Crippen LogP contribution in [0.15, 0.2) is 0 Å². The van der Waals surface area contributed by atoms with E-state index < -0.39 is 0 Å². The second kappa shape index (κ2) is 4.48. The van der Waals surface area contributed by atoms with Crippen LogP contribution in [0, 0.1) is 11.3 Å². The summed E-state index contributed by atoms with van der Waals surface area (Å²) in [4.78, 5) is 0.